The summed E-state index contributed by atoms with van der Waals surface area (Å²) in [7, 11) is 0. The number of nitrogens with zero attached hydrogens (tertiary/aromatic N) is 3. The lowest BCUT2D eigenvalue weighted by atomic mass is 10.1. The number of benzene rings is 3. The molecular weight excluding hydrogens is 402 g/mol. The number of imide groups is 2. The molecule has 4 amide bonds. The number of fused-ring (bicyclic) bond motifs is 2. The molecule has 0 bridgehead atoms. The second kappa shape index (κ2) is 6.42. The Morgan fingerprint density at radius 3 is 1.45 bits per heavy atom. The molecule has 2 aliphatic rings. The van der Waals surface area contributed by atoms with Gasteiger partial charge in [-0.3, -0.25) is 29.3 Å². The van der Waals surface area contributed by atoms with Crippen LogP contribution in [-0.2, 0) is 0 Å². The van der Waals surface area contributed by atoms with E-state index in [0.29, 0.717) is 16.8 Å². The van der Waals surface area contributed by atoms with Crippen molar-refractivity contribution in [1.82, 2.24) is 0 Å². The molecule has 3 aromatic rings. The van der Waals surface area contributed by atoms with E-state index in [9.17, 15) is 29.3 Å². The molecule has 0 aromatic heterocycles. The SMILES string of the molecule is O=C1c2ccccc2C(=O)N1c1ccc(N2C(=O)c3ccc([N+](=O)[O-])cc3C2=O)cc1. The Bertz CT molecular complexity index is 1310. The summed E-state index contributed by atoms with van der Waals surface area (Å²) < 4.78 is 0. The minimum Gasteiger partial charge on any atom is -0.268 e. The Balaban J connectivity index is 1.47. The molecule has 0 N–H and O–H groups in total. The van der Waals surface area contributed by atoms with Gasteiger partial charge in [-0.05, 0) is 42.5 Å². The van der Waals surface area contributed by atoms with E-state index in [1.54, 1.807) is 24.3 Å². The van der Waals surface area contributed by atoms with Crippen LogP contribution in [-0.4, -0.2) is 28.6 Å². The molecule has 9 nitrogen and oxygen atoms in total. The van der Waals surface area contributed by atoms with E-state index >= 15 is 0 Å². The zero-order valence-corrected chi connectivity index (χ0v) is 15.6. The molecule has 0 atom stereocenters. The van der Waals surface area contributed by atoms with Crippen molar-refractivity contribution in [1.29, 1.82) is 0 Å². The van der Waals surface area contributed by atoms with Gasteiger partial charge in [-0.1, -0.05) is 12.1 Å². The summed E-state index contributed by atoms with van der Waals surface area (Å²) in [6, 6.07) is 15.8. The van der Waals surface area contributed by atoms with Gasteiger partial charge in [-0.25, -0.2) is 9.80 Å². The van der Waals surface area contributed by atoms with E-state index in [-0.39, 0.29) is 22.5 Å². The van der Waals surface area contributed by atoms with Crippen molar-refractivity contribution >= 4 is 40.7 Å². The zero-order valence-electron chi connectivity index (χ0n) is 15.6. The molecule has 5 rings (SSSR count). The molecule has 0 radical (unpaired) electrons. The quantitative estimate of drug-likeness (QED) is 0.370. The molecule has 0 aliphatic carbocycles. The molecule has 2 heterocycles. The predicted molar refractivity (Wildman–Crippen MR) is 108 cm³/mol. The van der Waals surface area contributed by atoms with E-state index in [1.165, 1.54) is 36.4 Å². The van der Waals surface area contributed by atoms with Crippen LogP contribution >= 0.6 is 0 Å². The standard InChI is InChI=1S/C22H11N3O6/c26-19-15-3-1-2-4-16(15)20(27)23(19)12-5-7-13(8-6-12)24-21(28)17-10-9-14(25(30)31)11-18(17)22(24)29/h1-11H. The summed E-state index contributed by atoms with van der Waals surface area (Å²) in [4.78, 5) is 62.9. The lowest BCUT2D eigenvalue weighted by Crippen LogP contribution is -2.30. The van der Waals surface area contributed by atoms with Gasteiger partial charge in [0.1, 0.15) is 0 Å². The Labute approximate surface area is 174 Å². The highest BCUT2D eigenvalue weighted by Gasteiger charge is 2.39. The van der Waals surface area contributed by atoms with Gasteiger partial charge >= 0.3 is 0 Å². The fourth-order valence-electron chi connectivity index (χ4n) is 3.75. The van der Waals surface area contributed by atoms with Gasteiger partial charge in [0.25, 0.3) is 29.3 Å². The highest BCUT2D eigenvalue weighted by molar-refractivity contribution is 6.35. The van der Waals surface area contributed by atoms with Crippen LogP contribution in [0.1, 0.15) is 41.4 Å². The van der Waals surface area contributed by atoms with Crippen molar-refractivity contribution in [3.63, 3.8) is 0 Å². The molecule has 9 heteroatoms. The number of non-ortho nitro benzene ring substituents is 1. The van der Waals surface area contributed by atoms with Crippen LogP contribution < -0.4 is 9.80 Å². The van der Waals surface area contributed by atoms with Crippen LogP contribution in [0.3, 0.4) is 0 Å². The van der Waals surface area contributed by atoms with Gasteiger partial charge in [0.2, 0.25) is 0 Å². The maximum atomic E-state index is 12.7. The minimum absolute atomic E-state index is 0.0522. The van der Waals surface area contributed by atoms with Crippen LogP contribution in [0.2, 0.25) is 0 Å². The number of amides is 4. The van der Waals surface area contributed by atoms with E-state index in [4.69, 9.17) is 0 Å². The smallest absolute Gasteiger partial charge is 0.268 e. The highest BCUT2D eigenvalue weighted by Crippen LogP contribution is 2.33. The Hall–Kier alpha value is -4.66. The summed E-state index contributed by atoms with van der Waals surface area (Å²) in [5.41, 5.74) is 0.847. The topological polar surface area (TPSA) is 118 Å². The lowest BCUT2D eigenvalue weighted by Gasteiger charge is -2.17. The van der Waals surface area contributed by atoms with Crippen molar-refractivity contribution in [3.8, 4) is 0 Å². The van der Waals surface area contributed by atoms with Gasteiger partial charge in [0.05, 0.1) is 38.6 Å². The van der Waals surface area contributed by atoms with Crippen LogP contribution in [0, 0.1) is 10.1 Å². The average Bonchev–Trinajstić information content (AvgIpc) is 3.18. The van der Waals surface area contributed by atoms with E-state index in [2.05, 4.69) is 0 Å². The van der Waals surface area contributed by atoms with Gasteiger partial charge < -0.3 is 0 Å². The molecule has 3 aromatic carbocycles. The molecule has 150 valence electrons. The minimum atomic E-state index is -0.683. The number of rotatable bonds is 3. The number of anilines is 2. The first-order valence-corrected chi connectivity index (χ1v) is 9.13. The first-order chi connectivity index (χ1) is 14.9. The largest absolute Gasteiger partial charge is 0.270 e. The van der Waals surface area contributed by atoms with Crippen LogP contribution in [0.25, 0.3) is 0 Å². The Morgan fingerprint density at radius 2 is 1.00 bits per heavy atom. The molecular formula is C22H11N3O6. The molecule has 2 aliphatic heterocycles. The molecule has 0 fully saturated rings. The molecule has 0 saturated heterocycles. The van der Waals surface area contributed by atoms with E-state index in [0.717, 1.165) is 15.9 Å². The maximum Gasteiger partial charge on any atom is 0.270 e. The fourth-order valence-corrected chi connectivity index (χ4v) is 3.75. The number of hydrogen-bond donors (Lipinski definition) is 0. The van der Waals surface area contributed by atoms with Gasteiger partial charge in [0.15, 0.2) is 0 Å². The van der Waals surface area contributed by atoms with Gasteiger partial charge in [-0.15, -0.1) is 0 Å². The average molecular weight is 413 g/mol. The Morgan fingerprint density at radius 1 is 0.581 bits per heavy atom. The summed E-state index contributed by atoms with van der Waals surface area (Å²) >= 11 is 0. The number of nitro benzene ring substituents is 1. The fraction of sp³-hybridized carbons (Fsp3) is 0. The van der Waals surface area contributed by atoms with Crippen molar-refractivity contribution in [2.24, 2.45) is 0 Å². The summed E-state index contributed by atoms with van der Waals surface area (Å²) in [6.45, 7) is 0. The molecule has 0 saturated carbocycles. The summed E-state index contributed by atoms with van der Waals surface area (Å²) in [5, 5.41) is 11.0. The Kier molecular flexibility index (Phi) is 3.81. The van der Waals surface area contributed by atoms with Gasteiger partial charge in [0, 0.05) is 12.1 Å². The molecule has 31 heavy (non-hydrogen) atoms. The van der Waals surface area contributed by atoms with Crippen molar-refractivity contribution in [3.05, 3.63) is 99.1 Å². The summed E-state index contributed by atoms with van der Waals surface area (Å²) in [5.74, 6) is -2.21. The van der Waals surface area contributed by atoms with Crippen LogP contribution in [0.15, 0.2) is 66.7 Å². The lowest BCUT2D eigenvalue weighted by molar-refractivity contribution is -0.384. The third-order valence-electron chi connectivity index (χ3n) is 5.24. The first-order valence-electron chi connectivity index (χ1n) is 9.13. The van der Waals surface area contributed by atoms with Crippen LogP contribution in [0.4, 0.5) is 17.1 Å². The monoisotopic (exact) mass is 413 g/mol. The van der Waals surface area contributed by atoms with Crippen molar-refractivity contribution in [2.45, 2.75) is 0 Å². The maximum absolute atomic E-state index is 12.7. The van der Waals surface area contributed by atoms with Crippen molar-refractivity contribution < 1.29 is 24.1 Å². The van der Waals surface area contributed by atoms with E-state index < -0.39 is 28.6 Å². The normalized spacial score (nSPS) is 14.8. The number of hydrogen-bond acceptors (Lipinski definition) is 6. The number of carbonyl (C=O) groups is 4. The second-order valence-corrected chi connectivity index (χ2v) is 6.94. The van der Waals surface area contributed by atoms with Crippen molar-refractivity contribution in [2.75, 3.05) is 9.80 Å². The first kappa shape index (κ1) is 18.4. The number of nitro groups is 1. The molecule has 0 spiro atoms. The second-order valence-electron chi connectivity index (χ2n) is 6.94. The van der Waals surface area contributed by atoms with E-state index in [1.807, 2.05) is 0 Å². The van der Waals surface area contributed by atoms with Crippen LogP contribution in [0.5, 0.6) is 0 Å². The molecule has 0 unspecified atom stereocenters. The number of carbonyl (C=O) groups excluding carboxylic acids is 4. The third-order valence-corrected chi connectivity index (χ3v) is 5.24. The third kappa shape index (κ3) is 2.57. The zero-order chi connectivity index (χ0) is 21.9. The summed E-state index contributed by atoms with van der Waals surface area (Å²) in [6.07, 6.45) is 0. The van der Waals surface area contributed by atoms with Gasteiger partial charge in [-0.2, -0.15) is 0 Å². The highest BCUT2D eigenvalue weighted by atomic mass is 16.6. The predicted octanol–water partition coefficient (Wildman–Crippen LogP) is 3.20.